The van der Waals surface area contributed by atoms with Gasteiger partial charge in [0.05, 0.1) is 6.10 Å². The topological polar surface area (TPSA) is 9.23 Å². The van der Waals surface area contributed by atoms with Crippen LogP contribution in [0.2, 0.25) is 0 Å². The van der Waals surface area contributed by atoms with Crippen molar-refractivity contribution in [3.63, 3.8) is 0 Å². The van der Waals surface area contributed by atoms with Gasteiger partial charge in [-0.25, -0.2) is 0 Å². The molecule has 0 N–H and O–H groups in total. The van der Waals surface area contributed by atoms with Crippen molar-refractivity contribution in [2.24, 2.45) is 5.41 Å². The van der Waals surface area contributed by atoms with Crippen LogP contribution in [0.3, 0.4) is 0 Å². The van der Waals surface area contributed by atoms with E-state index in [9.17, 15) is 0 Å². The Kier molecular flexibility index (Phi) is 2.75. The van der Waals surface area contributed by atoms with E-state index in [1.807, 2.05) is 0 Å². The summed E-state index contributed by atoms with van der Waals surface area (Å²) in [5.74, 6) is 0. The van der Waals surface area contributed by atoms with Crippen molar-refractivity contribution < 1.29 is 4.74 Å². The fraction of sp³-hybridized carbons (Fsp3) is 1.00. The molecule has 0 aromatic heterocycles. The van der Waals surface area contributed by atoms with Gasteiger partial charge in [0.25, 0.3) is 0 Å². The molecule has 2 aliphatic rings. The predicted octanol–water partition coefficient (Wildman–Crippen LogP) is 3.12. The maximum absolute atomic E-state index is 5.80. The predicted molar refractivity (Wildman–Crippen MR) is 53.7 cm³/mol. The van der Waals surface area contributed by atoms with E-state index >= 15 is 0 Å². The Morgan fingerprint density at radius 3 is 2.50 bits per heavy atom. The van der Waals surface area contributed by atoms with Crippen LogP contribution in [0.1, 0.15) is 38.5 Å². The van der Waals surface area contributed by atoms with Crippen molar-refractivity contribution in [2.75, 3.05) is 11.9 Å². The summed E-state index contributed by atoms with van der Waals surface area (Å²) in [6.07, 6.45) is 8.72. The molecule has 1 unspecified atom stereocenters. The van der Waals surface area contributed by atoms with Gasteiger partial charge >= 0.3 is 0 Å². The molecule has 1 atom stereocenters. The van der Waals surface area contributed by atoms with Crippen molar-refractivity contribution in [2.45, 2.75) is 44.6 Å². The highest BCUT2D eigenvalue weighted by Crippen LogP contribution is 2.46. The fourth-order valence-electron chi connectivity index (χ4n) is 2.68. The van der Waals surface area contributed by atoms with E-state index in [1.165, 1.54) is 38.5 Å². The van der Waals surface area contributed by atoms with Gasteiger partial charge in [0.15, 0.2) is 0 Å². The van der Waals surface area contributed by atoms with Crippen LogP contribution in [-0.4, -0.2) is 18.0 Å². The number of halogens is 1. The Labute approximate surface area is 83.0 Å². The van der Waals surface area contributed by atoms with Gasteiger partial charge in [-0.2, -0.15) is 0 Å². The van der Waals surface area contributed by atoms with Gasteiger partial charge in [0.2, 0.25) is 0 Å². The van der Waals surface area contributed by atoms with E-state index < -0.39 is 0 Å². The second-order valence-electron chi connectivity index (χ2n) is 4.20. The van der Waals surface area contributed by atoms with Gasteiger partial charge in [-0.05, 0) is 25.7 Å². The summed E-state index contributed by atoms with van der Waals surface area (Å²) >= 11 is 3.66. The highest BCUT2D eigenvalue weighted by atomic mass is 79.9. The highest BCUT2D eigenvalue weighted by molar-refractivity contribution is 9.09. The zero-order valence-electron chi connectivity index (χ0n) is 7.52. The highest BCUT2D eigenvalue weighted by Gasteiger charge is 2.42. The number of ether oxygens (including phenoxy) is 1. The van der Waals surface area contributed by atoms with Gasteiger partial charge in [-0.15, -0.1) is 0 Å². The lowest BCUT2D eigenvalue weighted by Gasteiger charge is -2.32. The second-order valence-corrected chi connectivity index (χ2v) is 4.77. The molecule has 2 rings (SSSR count). The van der Waals surface area contributed by atoms with Crippen molar-refractivity contribution in [1.29, 1.82) is 0 Å². The van der Waals surface area contributed by atoms with Crippen molar-refractivity contribution in [3.05, 3.63) is 0 Å². The number of rotatable bonds is 2. The lowest BCUT2D eigenvalue weighted by atomic mass is 9.81. The quantitative estimate of drug-likeness (QED) is 0.666. The van der Waals surface area contributed by atoms with Crippen molar-refractivity contribution in [3.8, 4) is 0 Å². The van der Waals surface area contributed by atoms with Crippen molar-refractivity contribution in [1.82, 2.24) is 0 Å². The third-order valence-electron chi connectivity index (χ3n) is 3.48. The monoisotopic (exact) mass is 232 g/mol. The molecule has 0 spiro atoms. The summed E-state index contributed by atoms with van der Waals surface area (Å²) in [7, 11) is 0. The van der Waals surface area contributed by atoms with E-state index in [1.54, 1.807) is 0 Å². The Morgan fingerprint density at radius 1 is 1.25 bits per heavy atom. The normalized spacial score (nSPS) is 34.2. The first-order chi connectivity index (χ1) is 5.87. The van der Waals surface area contributed by atoms with Crippen LogP contribution < -0.4 is 0 Å². The Morgan fingerprint density at radius 2 is 2.00 bits per heavy atom. The van der Waals surface area contributed by atoms with E-state index in [0.717, 1.165) is 11.9 Å². The number of hydrogen-bond acceptors (Lipinski definition) is 1. The Hall–Kier alpha value is 0.440. The molecule has 1 saturated heterocycles. The molecule has 1 saturated carbocycles. The van der Waals surface area contributed by atoms with Gasteiger partial charge in [-0.3, -0.25) is 0 Å². The molecule has 0 aromatic rings. The summed E-state index contributed by atoms with van der Waals surface area (Å²) in [6, 6.07) is 0. The first kappa shape index (κ1) is 9.01. The minimum atomic E-state index is 0.510. The smallest absolute Gasteiger partial charge is 0.0640 e. The Bertz CT molecular complexity index is 146. The summed E-state index contributed by atoms with van der Waals surface area (Å²) in [5, 5.41) is 1.14. The van der Waals surface area contributed by atoms with Crippen LogP contribution in [-0.2, 0) is 4.74 Å². The maximum Gasteiger partial charge on any atom is 0.0640 e. The molecular formula is C10H17BrO. The molecule has 1 heterocycles. The molecule has 0 radical (unpaired) electrons. The number of hydrogen-bond donors (Lipinski definition) is 0. The van der Waals surface area contributed by atoms with Crippen LogP contribution in [0.15, 0.2) is 0 Å². The van der Waals surface area contributed by atoms with E-state index in [2.05, 4.69) is 15.9 Å². The SMILES string of the molecule is BrCC1(C2CCCO2)CCCC1. The fourth-order valence-corrected chi connectivity index (χ4v) is 3.60. The van der Waals surface area contributed by atoms with Gasteiger partial charge in [-0.1, -0.05) is 28.8 Å². The first-order valence-corrected chi connectivity index (χ1v) is 6.17. The molecule has 1 aliphatic carbocycles. The second kappa shape index (κ2) is 3.67. The minimum Gasteiger partial charge on any atom is -0.378 e. The van der Waals surface area contributed by atoms with E-state index in [0.29, 0.717) is 11.5 Å². The largest absolute Gasteiger partial charge is 0.378 e. The average Bonchev–Trinajstić information content (AvgIpc) is 2.76. The number of alkyl halides is 1. The van der Waals surface area contributed by atoms with Gasteiger partial charge in [0, 0.05) is 17.4 Å². The molecule has 1 nitrogen and oxygen atoms in total. The molecule has 12 heavy (non-hydrogen) atoms. The summed E-state index contributed by atoms with van der Waals surface area (Å²) in [5.41, 5.74) is 0.510. The third kappa shape index (κ3) is 1.44. The average molecular weight is 233 g/mol. The third-order valence-corrected chi connectivity index (χ3v) is 4.59. The molecule has 0 bridgehead atoms. The van der Waals surface area contributed by atoms with Crippen LogP contribution >= 0.6 is 15.9 Å². The zero-order chi connectivity index (χ0) is 8.44. The van der Waals surface area contributed by atoms with E-state index in [-0.39, 0.29) is 0 Å². The minimum absolute atomic E-state index is 0.510. The molecule has 1 aliphatic heterocycles. The van der Waals surface area contributed by atoms with Crippen LogP contribution in [0.5, 0.6) is 0 Å². The van der Waals surface area contributed by atoms with Crippen LogP contribution in [0.4, 0.5) is 0 Å². The molecule has 70 valence electrons. The summed E-state index contributed by atoms with van der Waals surface area (Å²) in [6.45, 7) is 0.999. The molecule has 0 aromatic carbocycles. The van der Waals surface area contributed by atoms with Crippen molar-refractivity contribution >= 4 is 15.9 Å². The van der Waals surface area contributed by atoms with Gasteiger partial charge in [0.1, 0.15) is 0 Å². The van der Waals surface area contributed by atoms with Crippen LogP contribution in [0.25, 0.3) is 0 Å². The Balaban J connectivity index is 2.04. The molecular weight excluding hydrogens is 216 g/mol. The molecule has 0 amide bonds. The standard InChI is InChI=1S/C10H17BrO/c11-8-10(5-1-2-6-10)9-4-3-7-12-9/h9H,1-8H2. The zero-order valence-corrected chi connectivity index (χ0v) is 9.11. The summed E-state index contributed by atoms with van der Waals surface area (Å²) in [4.78, 5) is 0. The van der Waals surface area contributed by atoms with Crippen LogP contribution in [0, 0.1) is 5.41 Å². The molecule has 2 heteroatoms. The lowest BCUT2D eigenvalue weighted by Crippen LogP contribution is -2.33. The maximum atomic E-state index is 5.80. The van der Waals surface area contributed by atoms with E-state index in [4.69, 9.17) is 4.74 Å². The lowest BCUT2D eigenvalue weighted by molar-refractivity contribution is 0.0160. The molecule has 2 fully saturated rings. The summed E-state index contributed by atoms with van der Waals surface area (Å²) < 4.78 is 5.80. The first-order valence-electron chi connectivity index (χ1n) is 5.05. The van der Waals surface area contributed by atoms with Gasteiger partial charge < -0.3 is 4.74 Å².